The minimum atomic E-state index is -0.146. The van der Waals surface area contributed by atoms with Gasteiger partial charge in [0.15, 0.2) is 0 Å². The fourth-order valence-electron chi connectivity index (χ4n) is 2.19. The van der Waals surface area contributed by atoms with Crippen molar-refractivity contribution in [2.75, 3.05) is 0 Å². The van der Waals surface area contributed by atoms with Crippen LogP contribution in [0.1, 0.15) is 35.9 Å². The molecule has 19 heavy (non-hydrogen) atoms. The Morgan fingerprint density at radius 1 is 1.21 bits per heavy atom. The molecule has 5 heteroatoms. The third kappa shape index (κ3) is 2.95. The van der Waals surface area contributed by atoms with Gasteiger partial charge in [-0.1, -0.05) is 19.1 Å². The summed E-state index contributed by atoms with van der Waals surface area (Å²) in [6.45, 7) is 6.20. The maximum atomic E-state index is 13.6. The molecule has 0 saturated heterocycles. The lowest BCUT2D eigenvalue weighted by Crippen LogP contribution is -2.06. The second-order valence-electron chi connectivity index (χ2n) is 4.77. The third-order valence-corrected chi connectivity index (χ3v) is 3.37. The molecule has 0 unspecified atom stereocenters. The number of halogens is 2. The van der Waals surface area contributed by atoms with E-state index in [1.54, 1.807) is 13.8 Å². The van der Waals surface area contributed by atoms with Gasteiger partial charge in [0, 0.05) is 6.42 Å². The smallest absolute Gasteiger partial charge is 0.225 e. The van der Waals surface area contributed by atoms with Crippen molar-refractivity contribution in [1.82, 2.24) is 14.8 Å². The first-order chi connectivity index (χ1) is 9.02. The molecular weight excluding hydrogens is 265 g/mol. The minimum Gasteiger partial charge on any atom is -0.297 e. The van der Waals surface area contributed by atoms with Gasteiger partial charge in [-0.05, 0) is 48.6 Å². The molecule has 1 aromatic heterocycles. The topological polar surface area (TPSA) is 30.7 Å². The van der Waals surface area contributed by atoms with Crippen LogP contribution in [0.25, 0.3) is 0 Å². The quantitative estimate of drug-likeness (QED) is 0.856. The van der Waals surface area contributed by atoms with Gasteiger partial charge in [0.2, 0.25) is 5.28 Å². The van der Waals surface area contributed by atoms with Crippen LogP contribution in [0.4, 0.5) is 4.39 Å². The predicted octanol–water partition coefficient (Wildman–Crippen LogP) is 3.69. The van der Waals surface area contributed by atoms with Crippen LogP contribution in [-0.2, 0) is 13.0 Å². The maximum absolute atomic E-state index is 13.6. The third-order valence-electron chi connectivity index (χ3n) is 3.09. The van der Waals surface area contributed by atoms with Crippen LogP contribution in [0.3, 0.4) is 0 Å². The first-order valence-corrected chi connectivity index (χ1v) is 6.74. The Balaban J connectivity index is 2.33. The molecule has 1 aromatic carbocycles. The number of rotatable bonds is 4. The van der Waals surface area contributed by atoms with E-state index in [4.69, 9.17) is 11.6 Å². The van der Waals surface area contributed by atoms with Crippen molar-refractivity contribution >= 4 is 11.6 Å². The highest BCUT2D eigenvalue weighted by atomic mass is 35.5. The van der Waals surface area contributed by atoms with E-state index in [0.29, 0.717) is 23.0 Å². The molecule has 3 nitrogen and oxygen atoms in total. The molecule has 0 amide bonds. The zero-order valence-corrected chi connectivity index (χ0v) is 12.1. The molecule has 102 valence electrons. The van der Waals surface area contributed by atoms with Gasteiger partial charge < -0.3 is 0 Å². The van der Waals surface area contributed by atoms with Gasteiger partial charge in [0.25, 0.3) is 0 Å². The fourth-order valence-corrected chi connectivity index (χ4v) is 2.38. The van der Waals surface area contributed by atoms with Crippen molar-refractivity contribution in [3.05, 3.63) is 45.7 Å². The van der Waals surface area contributed by atoms with Gasteiger partial charge in [0.1, 0.15) is 11.6 Å². The number of aromatic nitrogens is 3. The van der Waals surface area contributed by atoms with Gasteiger partial charge in [-0.15, -0.1) is 10.2 Å². The molecule has 0 spiro atoms. The maximum Gasteiger partial charge on any atom is 0.225 e. The van der Waals surface area contributed by atoms with Crippen LogP contribution in [0, 0.1) is 19.7 Å². The van der Waals surface area contributed by atoms with Gasteiger partial charge in [0.05, 0.1) is 6.54 Å². The fraction of sp³-hybridized carbons (Fsp3) is 0.429. The van der Waals surface area contributed by atoms with Crippen LogP contribution in [0.5, 0.6) is 0 Å². The van der Waals surface area contributed by atoms with E-state index in [1.807, 2.05) is 16.7 Å². The molecule has 0 radical (unpaired) electrons. The summed E-state index contributed by atoms with van der Waals surface area (Å²) in [7, 11) is 0. The largest absolute Gasteiger partial charge is 0.297 e. The van der Waals surface area contributed by atoms with E-state index < -0.39 is 0 Å². The van der Waals surface area contributed by atoms with Crippen molar-refractivity contribution < 1.29 is 4.39 Å². The Kier molecular flexibility index (Phi) is 4.20. The van der Waals surface area contributed by atoms with E-state index in [2.05, 4.69) is 17.1 Å². The summed E-state index contributed by atoms with van der Waals surface area (Å²) in [4.78, 5) is 0. The lowest BCUT2D eigenvalue weighted by Gasteiger charge is -2.10. The number of hydrogen-bond donors (Lipinski definition) is 0. The molecule has 0 saturated carbocycles. The van der Waals surface area contributed by atoms with Crippen molar-refractivity contribution in [3.63, 3.8) is 0 Å². The van der Waals surface area contributed by atoms with Gasteiger partial charge in [-0.3, -0.25) is 4.57 Å². The zero-order valence-electron chi connectivity index (χ0n) is 11.4. The Morgan fingerprint density at radius 3 is 2.42 bits per heavy atom. The molecule has 2 aromatic rings. The van der Waals surface area contributed by atoms with E-state index >= 15 is 0 Å². The SMILES string of the molecule is CCCc1nnc(Cl)n1Cc1cc(C)c(F)c(C)c1. The Labute approximate surface area is 117 Å². The van der Waals surface area contributed by atoms with Gasteiger partial charge >= 0.3 is 0 Å². The van der Waals surface area contributed by atoms with Crippen molar-refractivity contribution in [1.29, 1.82) is 0 Å². The first-order valence-electron chi connectivity index (χ1n) is 6.36. The van der Waals surface area contributed by atoms with E-state index in [9.17, 15) is 4.39 Å². The summed E-state index contributed by atoms with van der Waals surface area (Å²) in [5.41, 5.74) is 2.31. The molecule has 0 N–H and O–H groups in total. The van der Waals surface area contributed by atoms with E-state index in [1.165, 1.54) is 0 Å². The molecule has 0 atom stereocenters. The molecule has 1 heterocycles. The number of aryl methyl sites for hydroxylation is 3. The lowest BCUT2D eigenvalue weighted by atomic mass is 10.1. The summed E-state index contributed by atoms with van der Waals surface area (Å²) in [5.74, 6) is 0.722. The second-order valence-corrected chi connectivity index (χ2v) is 5.10. The second kappa shape index (κ2) is 5.70. The lowest BCUT2D eigenvalue weighted by molar-refractivity contribution is 0.606. The highest BCUT2D eigenvalue weighted by molar-refractivity contribution is 6.28. The van der Waals surface area contributed by atoms with Crippen molar-refractivity contribution in [2.45, 2.75) is 40.2 Å². The van der Waals surface area contributed by atoms with Crippen LogP contribution in [0.2, 0.25) is 5.28 Å². The van der Waals surface area contributed by atoms with Gasteiger partial charge in [-0.25, -0.2) is 4.39 Å². The molecule has 0 aliphatic carbocycles. The summed E-state index contributed by atoms with van der Waals surface area (Å²) >= 11 is 6.06. The predicted molar refractivity (Wildman–Crippen MR) is 74.0 cm³/mol. The Morgan fingerprint density at radius 2 is 1.84 bits per heavy atom. The highest BCUT2D eigenvalue weighted by Gasteiger charge is 2.11. The number of nitrogens with zero attached hydrogens (tertiary/aromatic N) is 3. The molecule has 2 rings (SSSR count). The average Bonchev–Trinajstić information content (AvgIpc) is 2.69. The Hall–Kier alpha value is -1.42. The molecular formula is C14H17ClFN3. The average molecular weight is 282 g/mol. The van der Waals surface area contributed by atoms with E-state index in [-0.39, 0.29) is 5.82 Å². The Bertz CT molecular complexity index is 569. The van der Waals surface area contributed by atoms with E-state index in [0.717, 1.165) is 24.2 Å². The van der Waals surface area contributed by atoms with Crippen LogP contribution in [-0.4, -0.2) is 14.8 Å². The number of benzene rings is 1. The normalized spacial score (nSPS) is 11.0. The van der Waals surface area contributed by atoms with Crippen molar-refractivity contribution in [3.8, 4) is 0 Å². The summed E-state index contributed by atoms with van der Waals surface area (Å²) in [6, 6.07) is 3.68. The molecule has 0 bridgehead atoms. The minimum absolute atomic E-state index is 0.146. The monoisotopic (exact) mass is 281 g/mol. The van der Waals surface area contributed by atoms with Crippen molar-refractivity contribution in [2.24, 2.45) is 0 Å². The molecule has 0 aliphatic rings. The van der Waals surface area contributed by atoms with Gasteiger partial charge in [-0.2, -0.15) is 0 Å². The zero-order chi connectivity index (χ0) is 14.0. The van der Waals surface area contributed by atoms with Crippen LogP contribution < -0.4 is 0 Å². The van der Waals surface area contributed by atoms with Crippen LogP contribution in [0.15, 0.2) is 12.1 Å². The standard InChI is InChI=1S/C14H17ClFN3/c1-4-5-12-17-18-14(15)19(12)8-11-6-9(2)13(16)10(3)7-11/h6-7H,4-5,8H2,1-3H3. The van der Waals surface area contributed by atoms with Crippen LogP contribution >= 0.6 is 11.6 Å². The summed E-state index contributed by atoms with van der Waals surface area (Å²) < 4.78 is 15.5. The molecule has 0 aliphatic heterocycles. The first kappa shape index (κ1) is 14.0. The number of hydrogen-bond acceptors (Lipinski definition) is 2. The summed E-state index contributed by atoms with van der Waals surface area (Å²) in [6.07, 6.45) is 1.81. The summed E-state index contributed by atoms with van der Waals surface area (Å²) in [5, 5.41) is 8.35. The molecule has 0 fully saturated rings. The highest BCUT2D eigenvalue weighted by Crippen LogP contribution is 2.18.